The van der Waals surface area contributed by atoms with Crippen molar-refractivity contribution in [2.24, 2.45) is 22.7 Å². The van der Waals surface area contributed by atoms with Gasteiger partial charge in [-0.25, -0.2) is 0 Å². The molecule has 16 heavy (non-hydrogen) atoms. The number of carbonyl (C=O) groups is 2. The lowest BCUT2D eigenvalue weighted by Crippen LogP contribution is -2.62. The van der Waals surface area contributed by atoms with Gasteiger partial charge in [0.2, 0.25) is 0 Å². The standard InChI is InChI=1S/C14H16O2/c1-7-5-8(2)13(3)11(7)14(4)10(16)6-9(15)12(13)14/h11-12H,1-2,5-6H2,3-4H3. The van der Waals surface area contributed by atoms with Crippen molar-refractivity contribution in [3.8, 4) is 0 Å². The summed E-state index contributed by atoms with van der Waals surface area (Å²) in [6.07, 6.45) is 0.904. The number of hydrogen-bond acceptors (Lipinski definition) is 2. The van der Waals surface area contributed by atoms with Crippen LogP contribution in [0.5, 0.6) is 0 Å². The highest BCUT2D eigenvalue weighted by Crippen LogP contribution is 2.76. The summed E-state index contributed by atoms with van der Waals surface area (Å²) in [5, 5.41) is 0. The van der Waals surface area contributed by atoms with Crippen molar-refractivity contribution < 1.29 is 9.59 Å². The van der Waals surface area contributed by atoms with Crippen LogP contribution in [0.2, 0.25) is 0 Å². The van der Waals surface area contributed by atoms with Gasteiger partial charge < -0.3 is 0 Å². The molecule has 4 unspecified atom stereocenters. The highest BCUT2D eigenvalue weighted by atomic mass is 16.2. The van der Waals surface area contributed by atoms with E-state index >= 15 is 0 Å². The van der Waals surface area contributed by atoms with Crippen LogP contribution in [0.4, 0.5) is 0 Å². The van der Waals surface area contributed by atoms with Gasteiger partial charge in [0.25, 0.3) is 0 Å². The topological polar surface area (TPSA) is 34.1 Å². The predicted molar refractivity (Wildman–Crippen MR) is 60.7 cm³/mol. The van der Waals surface area contributed by atoms with E-state index < -0.39 is 5.41 Å². The highest BCUT2D eigenvalue weighted by Gasteiger charge is 2.77. The molecule has 3 saturated carbocycles. The van der Waals surface area contributed by atoms with Gasteiger partial charge in [-0.15, -0.1) is 0 Å². The van der Waals surface area contributed by atoms with Gasteiger partial charge in [0, 0.05) is 22.7 Å². The minimum Gasteiger partial charge on any atom is -0.299 e. The summed E-state index contributed by atoms with van der Waals surface area (Å²) in [7, 11) is 0. The molecule has 0 aromatic heterocycles. The van der Waals surface area contributed by atoms with Gasteiger partial charge in [-0.2, -0.15) is 0 Å². The van der Waals surface area contributed by atoms with Crippen LogP contribution in [-0.2, 0) is 9.59 Å². The minimum atomic E-state index is -0.470. The SMILES string of the molecule is C=C1CC(=C)C2(C)C1C1(C)C(=O)CC(=O)C21. The maximum Gasteiger partial charge on any atom is 0.147 e. The average Bonchev–Trinajstić information content (AvgIpc) is 2.44. The van der Waals surface area contributed by atoms with Gasteiger partial charge in [0.1, 0.15) is 11.6 Å². The van der Waals surface area contributed by atoms with E-state index in [4.69, 9.17) is 0 Å². The Morgan fingerprint density at radius 1 is 1.06 bits per heavy atom. The number of hydrogen-bond donors (Lipinski definition) is 0. The lowest BCUT2D eigenvalue weighted by molar-refractivity contribution is -0.159. The Bertz CT molecular complexity index is 417. The molecular weight excluding hydrogens is 200 g/mol. The van der Waals surface area contributed by atoms with Crippen molar-refractivity contribution in [2.75, 3.05) is 0 Å². The monoisotopic (exact) mass is 216 g/mol. The summed E-state index contributed by atoms with van der Waals surface area (Å²) in [6.45, 7) is 12.2. The van der Waals surface area contributed by atoms with Gasteiger partial charge in [0.05, 0.1) is 6.42 Å². The minimum absolute atomic E-state index is 0.112. The van der Waals surface area contributed by atoms with E-state index in [-0.39, 0.29) is 35.2 Å². The normalized spacial score (nSPS) is 50.4. The van der Waals surface area contributed by atoms with Crippen molar-refractivity contribution in [3.05, 3.63) is 24.3 Å². The third kappa shape index (κ3) is 0.694. The summed E-state index contributed by atoms with van der Waals surface area (Å²) in [5.41, 5.74) is 1.53. The van der Waals surface area contributed by atoms with Crippen LogP contribution in [-0.4, -0.2) is 11.6 Å². The third-order valence-electron chi connectivity index (χ3n) is 5.27. The van der Waals surface area contributed by atoms with Crippen LogP contribution in [0, 0.1) is 22.7 Å². The molecular formula is C14H16O2. The first-order chi connectivity index (χ1) is 7.34. The smallest absolute Gasteiger partial charge is 0.147 e. The zero-order valence-corrected chi connectivity index (χ0v) is 9.80. The van der Waals surface area contributed by atoms with Gasteiger partial charge in [-0.1, -0.05) is 38.2 Å². The fourth-order valence-corrected chi connectivity index (χ4v) is 4.75. The van der Waals surface area contributed by atoms with E-state index in [1.165, 1.54) is 0 Å². The highest BCUT2D eigenvalue weighted by molar-refractivity contribution is 6.13. The van der Waals surface area contributed by atoms with Crippen molar-refractivity contribution >= 4 is 11.6 Å². The van der Waals surface area contributed by atoms with E-state index in [1.807, 2.05) is 6.92 Å². The molecule has 2 nitrogen and oxygen atoms in total. The van der Waals surface area contributed by atoms with Gasteiger partial charge in [-0.3, -0.25) is 9.59 Å². The maximum absolute atomic E-state index is 12.0. The van der Waals surface area contributed by atoms with Crippen LogP contribution in [0.1, 0.15) is 26.7 Å². The quantitative estimate of drug-likeness (QED) is 0.460. The fraction of sp³-hybridized carbons (Fsp3) is 0.571. The van der Waals surface area contributed by atoms with Crippen molar-refractivity contribution in [3.63, 3.8) is 0 Å². The van der Waals surface area contributed by atoms with E-state index in [1.54, 1.807) is 0 Å². The van der Waals surface area contributed by atoms with Gasteiger partial charge >= 0.3 is 0 Å². The maximum atomic E-state index is 12.0. The van der Waals surface area contributed by atoms with E-state index in [0.717, 1.165) is 17.6 Å². The largest absolute Gasteiger partial charge is 0.299 e. The molecule has 0 aromatic rings. The Morgan fingerprint density at radius 3 is 2.31 bits per heavy atom. The number of Topliss-reactive ketones (excluding diaryl/α,β-unsaturated/α-hetero) is 2. The average molecular weight is 216 g/mol. The Morgan fingerprint density at radius 2 is 1.69 bits per heavy atom. The fourth-order valence-electron chi connectivity index (χ4n) is 4.75. The van der Waals surface area contributed by atoms with E-state index in [9.17, 15) is 9.59 Å². The molecule has 3 rings (SSSR count). The molecule has 3 aliphatic rings. The van der Waals surface area contributed by atoms with Gasteiger partial charge in [0.15, 0.2) is 0 Å². The second-order valence-corrected chi connectivity index (χ2v) is 5.94. The number of carbonyl (C=O) groups excluding carboxylic acids is 2. The second-order valence-electron chi connectivity index (χ2n) is 5.94. The number of allylic oxidation sites excluding steroid dienone is 2. The summed E-state index contributed by atoms with van der Waals surface area (Å²) in [5.74, 6) is 0.239. The molecule has 0 amide bonds. The molecule has 0 N–H and O–H groups in total. The molecule has 0 aliphatic heterocycles. The molecule has 0 heterocycles. The summed E-state index contributed by atoms with van der Waals surface area (Å²) in [4.78, 5) is 24.0. The molecule has 0 aromatic carbocycles. The summed E-state index contributed by atoms with van der Waals surface area (Å²) in [6, 6.07) is 0. The first-order valence-electron chi connectivity index (χ1n) is 5.76. The lowest BCUT2D eigenvalue weighted by atomic mass is 9.41. The summed E-state index contributed by atoms with van der Waals surface area (Å²) >= 11 is 0. The Kier molecular flexibility index (Phi) is 1.50. The first-order valence-corrected chi connectivity index (χ1v) is 5.76. The summed E-state index contributed by atoms with van der Waals surface area (Å²) < 4.78 is 0. The molecule has 3 aliphatic carbocycles. The van der Waals surface area contributed by atoms with Crippen molar-refractivity contribution in [1.82, 2.24) is 0 Å². The lowest BCUT2D eigenvalue weighted by Gasteiger charge is -2.59. The molecule has 2 heteroatoms. The molecule has 0 spiro atoms. The van der Waals surface area contributed by atoms with Crippen LogP contribution < -0.4 is 0 Å². The molecule has 3 fully saturated rings. The second kappa shape index (κ2) is 2.39. The number of fused-ring (bicyclic) bond motifs is 4. The Balaban J connectivity index is 2.20. The van der Waals surface area contributed by atoms with Crippen LogP contribution >= 0.6 is 0 Å². The van der Waals surface area contributed by atoms with Crippen LogP contribution in [0.25, 0.3) is 0 Å². The molecule has 0 saturated heterocycles. The van der Waals surface area contributed by atoms with Crippen LogP contribution in [0.3, 0.4) is 0 Å². The van der Waals surface area contributed by atoms with Crippen molar-refractivity contribution in [2.45, 2.75) is 26.7 Å². The number of rotatable bonds is 0. The van der Waals surface area contributed by atoms with Crippen molar-refractivity contribution in [1.29, 1.82) is 0 Å². The van der Waals surface area contributed by atoms with E-state index in [0.29, 0.717) is 0 Å². The third-order valence-corrected chi connectivity index (χ3v) is 5.27. The zero-order chi connectivity index (χ0) is 11.9. The zero-order valence-electron chi connectivity index (χ0n) is 9.80. The first kappa shape index (κ1) is 10.0. The van der Waals surface area contributed by atoms with Gasteiger partial charge in [-0.05, 0) is 6.42 Å². The Hall–Kier alpha value is -1.18. The molecule has 0 radical (unpaired) electrons. The molecule has 0 bridgehead atoms. The number of ketones is 2. The molecule has 84 valence electrons. The van der Waals surface area contributed by atoms with Crippen LogP contribution in [0.15, 0.2) is 24.3 Å². The van der Waals surface area contributed by atoms with E-state index in [2.05, 4.69) is 20.1 Å². The Labute approximate surface area is 95.4 Å². The predicted octanol–water partition coefficient (Wildman–Crippen LogP) is 2.30. The molecule has 4 atom stereocenters.